The third-order valence-corrected chi connectivity index (χ3v) is 4.16. The zero-order valence-corrected chi connectivity index (χ0v) is 11.8. The van der Waals surface area contributed by atoms with Gasteiger partial charge in [-0.2, -0.15) is 0 Å². The van der Waals surface area contributed by atoms with Gasteiger partial charge in [0.25, 0.3) is 0 Å². The lowest BCUT2D eigenvalue weighted by Crippen LogP contribution is -2.19. The average Bonchev–Trinajstić information content (AvgIpc) is 3.24. The SMILES string of the molecule is Fc1ccc2c(c1)N(c1cccc(CNC3CC3)n1)CC2. The van der Waals surface area contributed by atoms with E-state index in [0.29, 0.717) is 6.04 Å². The van der Waals surface area contributed by atoms with Gasteiger partial charge in [0.15, 0.2) is 0 Å². The predicted molar refractivity (Wildman–Crippen MR) is 81.2 cm³/mol. The van der Waals surface area contributed by atoms with E-state index in [0.717, 1.165) is 36.7 Å². The Morgan fingerprint density at radius 2 is 2.14 bits per heavy atom. The molecule has 2 aromatic rings. The van der Waals surface area contributed by atoms with Crippen LogP contribution in [0, 0.1) is 5.82 Å². The molecule has 0 saturated heterocycles. The minimum Gasteiger partial charge on any atom is -0.326 e. The van der Waals surface area contributed by atoms with E-state index in [1.54, 1.807) is 6.07 Å². The first-order valence-corrected chi connectivity index (χ1v) is 7.55. The van der Waals surface area contributed by atoms with Gasteiger partial charge in [-0.05, 0) is 49.1 Å². The maximum atomic E-state index is 13.5. The molecule has 1 aromatic carbocycles. The fraction of sp³-hybridized carbons (Fsp3) is 0.353. The Bertz CT molecular complexity index is 667. The number of pyridine rings is 1. The van der Waals surface area contributed by atoms with Crippen LogP contribution in [0.25, 0.3) is 0 Å². The highest BCUT2D eigenvalue weighted by Crippen LogP contribution is 2.34. The molecule has 0 radical (unpaired) electrons. The van der Waals surface area contributed by atoms with Gasteiger partial charge in [0.05, 0.1) is 5.69 Å². The van der Waals surface area contributed by atoms with Crippen LogP contribution < -0.4 is 10.2 Å². The molecule has 1 aromatic heterocycles. The molecule has 1 saturated carbocycles. The molecule has 0 spiro atoms. The largest absolute Gasteiger partial charge is 0.326 e. The summed E-state index contributed by atoms with van der Waals surface area (Å²) in [6.45, 7) is 1.67. The number of nitrogens with one attached hydrogen (secondary N) is 1. The summed E-state index contributed by atoms with van der Waals surface area (Å²) in [4.78, 5) is 6.83. The molecular formula is C17H18FN3. The topological polar surface area (TPSA) is 28.2 Å². The lowest BCUT2D eigenvalue weighted by atomic mass is 10.2. The van der Waals surface area contributed by atoms with E-state index in [4.69, 9.17) is 4.98 Å². The summed E-state index contributed by atoms with van der Waals surface area (Å²) in [6, 6.07) is 11.8. The van der Waals surface area contributed by atoms with Gasteiger partial charge in [-0.15, -0.1) is 0 Å². The quantitative estimate of drug-likeness (QED) is 0.934. The fourth-order valence-corrected chi connectivity index (χ4v) is 2.84. The average molecular weight is 283 g/mol. The number of hydrogen-bond acceptors (Lipinski definition) is 3. The molecule has 0 amide bonds. The predicted octanol–water partition coefficient (Wildman–Crippen LogP) is 3.17. The summed E-state index contributed by atoms with van der Waals surface area (Å²) >= 11 is 0. The Morgan fingerprint density at radius 3 is 3.00 bits per heavy atom. The van der Waals surface area contributed by atoms with Crippen LogP contribution in [-0.2, 0) is 13.0 Å². The molecular weight excluding hydrogens is 265 g/mol. The molecule has 2 heterocycles. The van der Waals surface area contributed by atoms with E-state index in [1.807, 2.05) is 24.3 Å². The summed E-state index contributed by atoms with van der Waals surface area (Å²) in [5.74, 6) is 0.724. The monoisotopic (exact) mass is 283 g/mol. The molecule has 0 bridgehead atoms. The Labute approximate surface area is 123 Å². The Balaban J connectivity index is 1.59. The first kappa shape index (κ1) is 12.8. The maximum Gasteiger partial charge on any atom is 0.133 e. The molecule has 3 nitrogen and oxygen atoms in total. The lowest BCUT2D eigenvalue weighted by Gasteiger charge is -2.19. The van der Waals surface area contributed by atoms with E-state index >= 15 is 0 Å². The zero-order valence-electron chi connectivity index (χ0n) is 11.8. The van der Waals surface area contributed by atoms with Crippen molar-refractivity contribution in [3.8, 4) is 0 Å². The van der Waals surface area contributed by atoms with Crippen LogP contribution in [-0.4, -0.2) is 17.6 Å². The molecule has 1 N–H and O–H groups in total. The summed E-state index contributed by atoms with van der Waals surface area (Å²) in [7, 11) is 0. The third-order valence-electron chi connectivity index (χ3n) is 4.16. The van der Waals surface area contributed by atoms with Gasteiger partial charge in [0.2, 0.25) is 0 Å². The second kappa shape index (κ2) is 5.11. The fourth-order valence-electron chi connectivity index (χ4n) is 2.84. The number of benzene rings is 1. The highest BCUT2D eigenvalue weighted by atomic mass is 19.1. The first-order chi connectivity index (χ1) is 10.3. The van der Waals surface area contributed by atoms with Crippen molar-refractivity contribution in [3.63, 3.8) is 0 Å². The van der Waals surface area contributed by atoms with Gasteiger partial charge >= 0.3 is 0 Å². The molecule has 0 atom stereocenters. The van der Waals surface area contributed by atoms with Crippen molar-refractivity contribution in [1.29, 1.82) is 0 Å². The van der Waals surface area contributed by atoms with E-state index in [9.17, 15) is 4.39 Å². The van der Waals surface area contributed by atoms with E-state index in [-0.39, 0.29) is 5.82 Å². The van der Waals surface area contributed by atoms with Crippen molar-refractivity contribution in [2.45, 2.75) is 31.8 Å². The van der Waals surface area contributed by atoms with Crippen LogP contribution >= 0.6 is 0 Å². The number of fused-ring (bicyclic) bond motifs is 1. The van der Waals surface area contributed by atoms with Crippen molar-refractivity contribution in [3.05, 3.63) is 53.5 Å². The van der Waals surface area contributed by atoms with Crippen LogP contribution in [0.15, 0.2) is 36.4 Å². The molecule has 21 heavy (non-hydrogen) atoms. The molecule has 1 aliphatic carbocycles. The smallest absolute Gasteiger partial charge is 0.133 e. The number of halogens is 1. The molecule has 4 rings (SSSR count). The maximum absolute atomic E-state index is 13.5. The van der Waals surface area contributed by atoms with Crippen LogP contribution in [0.4, 0.5) is 15.9 Å². The highest BCUT2D eigenvalue weighted by Gasteiger charge is 2.23. The molecule has 1 aliphatic heterocycles. The first-order valence-electron chi connectivity index (χ1n) is 7.55. The Kier molecular flexibility index (Phi) is 3.11. The van der Waals surface area contributed by atoms with E-state index < -0.39 is 0 Å². The van der Waals surface area contributed by atoms with Crippen LogP contribution in [0.2, 0.25) is 0 Å². The van der Waals surface area contributed by atoms with Gasteiger partial charge in [-0.25, -0.2) is 9.37 Å². The summed E-state index contributed by atoms with van der Waals surface area (Å²) in [6.07, 6.45) is 3.50. The zero-order chi connectivity index (χ0) is 14.2. The van der Waals surface area contributed by atoms with Crippen molar-refractivity contribution in [1.82, 2.24) is 10.3 Å². The van der Waals surface area contributed by atoms with Gasteiger partial charge in [-0.1, -0.05) is 12.1 Å². The van der Waals surface area contributed by atoms with Crippen LogP contribution in [0.3, 0.4) is 0 Å². The molecule has 1 fully saturated rings. The molecule has 0 unspecified atom stereocenters. The van der Waals surface area contributed by atoms with Crippen LogP contribution in [0.5, 0.6) is 0 Å². The second-order valence-corrected chi connectivity index (χ2v) is 5.82. The summed E-state index contributed by atoms with van der Waals surface area (Å²) < 4.78 is 13.5. The van der Waals surface area contributed by atoms with Gasteiger partial charge in [0.1, 0.15) is 11.6 Å². The minimum absolute atomic E-state index is 0.188. The van der Waals surface area contributed by atoms with Gasteiger partial charge in [0, 0.05) is 24.8 Å². The Hall–Kier alpha value is -1.94. The normalized spacial score (nSPS) is 17.1. The summed E-state index contributed by atoms with van der Waals surface area (Å²) in [5.41, 5.74) is 3.19. The van der Waals surface area contributed by atoms with E-state index in [2.05, 4.69) is 10.2 Å². The lowest BCUT2D eigenvalue weighted by molar-refractivity contribution is 0.628. The van der Waals surface area contributed by atoms with Gasteiger partial charge in [-0.3, -0.25) is 0 Å². The number of hydrogen-bond donors (Lipinski definition) is 1. The van der Waals surface area contributed by atoms with Gasteiger partial charge < -0.3 is 10.2 Å². The number of nitrogens with zero attached hydrogens (tertiary/aromatic N) is 2. The minimum atomic E-state index is -0.188. The van der Waals surface area contributed by atoms with Crippen molar-refractivity contribution in [2.24, 2.45) is 0 Å². The molecule has 2 aliphatic rings. The molecule has 4 heteroatoms. The van der Waals surface area contributed by atoms with Crippen molar-refractivity contribution < 1.29 is 4.39 Å². The van der Waals surface area contributed by atoms with Crippen LogP contribution in [0.1, 0.15) is 24.1 Å². The number of aromatic nitrogens is 1. The summed E-state index contributed by atoms with van der Waals surface area (Å²) in [5, 5.41) is 3.48. The van der Waals surface area contributed by atoms with Crippen molar-refractivity contribution >= 4 is 11.5 Å². The van der Waals surface area contributed by atoms with E-state index in [1.165, 1.54) is 24.5 Å². The number of anilines is 2. The Morgan fingerprint density at radius 1 is 1.24 bits per heavy atom. The standard InChI is InChI=1S/C17H18FN3/c18-13-5-4-12-8-9-21(16(12)10-13)17-3-1-2-15(20-17)11-19-14-6-7-14/h1-5,10,14,19H,6-9,11H2. The number of rotatable bonds is 4. The molecule has 108 valence electrons. The highest BCUT2D eigenvalue weighted by molar-refractivity contribution is 5.67. The third kappa shape index (κ3) is 2.63. The second-order valence-electron chi connectivity index (χ2n) is 5.82. The van der Waals surface area contributed by atoms with Crippen molar-refractivity contribution in [2.75, 3.05) is 11.4 Å².